The summed E-state index contributed by atoms with van der Waals surface area (Å²) in [7, 11) is 0. The lowest BCUT2D eigenvalue weighted by Crippen LogP contribution is -2.48. The van der Waals surface area contributed by atoms with Gasteiger partial charge in [-0.3, -0.25) is 4.79 Å². The van der Waals surface area contributed by atoms with E-state index in [2.05, 4.69) is 33.2 Å². The molecule has 1 aromatic carbocycles. The van der Waals surface area contributed by atoms with E-state index in [1.54, 1.807) is 30.5 Å². The second-order valence-corrected chi connectivity index (χ2v) is 5.77. The third kappa shape index (κ3) is 3.92. The van der Waals surface area contributed by atoms with E-state index in [9.17, 15) is 4.79 Å². The predicted molar refractivity (Wildman–Crippen MR) is 94.5 cm³/mol. The Kier molecular flexibility index (Phi) is 5.21. The van der Waals surface area contributed by atoms with E-state index in [0.29, 0.717) is 36.0 Å². The van der Waals surface area contributed by atoms with E-state index in [1.807, 2.05) is 11.0 Å². The summed E-state index contributed by atoms with van der Waals surface area (Å²) in [6.07, 6.45) is 1.56. The van der Waals surface area contributed by atoms with Crippen LogP contribution in [0.4, 0.5) is 11.6 Å². The summed E-state index contributed by atoms with van der Waals surface area (Å²) in [6.45, 7) is 6.30. The van der Waals surface area contributed by atoms with Gasteiger partial charge < -0.3 is 15.1 Å². The van der Waals surface area contributed by atoms with Gasteiger partial charge in [-0.15, -0.1) is 0 Å². The van der Waals surface area contributed by atoms with Gasteiger partial charge in [0.2, 0.25) is 5.95 Å². The first kappa shape index (κ1) is 16.9. The molecule has 0 atom stereocenters. The van der Waals surface area contributed by atoms with Gasteiger partial charge in [0.05, 0.1) is 11.3 Å². The van der Waals surface area contributed by atoms with Crippen LogP contribution in [0.25, 0.3) is 0 Å². The number of hydrogen-bond acceptors (Lipinski definition) is 6. The SMILES string of the molecule is CCN1CCN(C(=O)c2ccnc(Nc3ccccc3C#N)n2)CC1. The van der Waals surface area contributed by atoms with Crippen LogP contribution in [0.1, 0.15) is 23.0 Å². The lowest BCUT2D eigenvalue weighted by molar-refractivity contribution is 0.0637. The Morgan fingerprint density at radius 1 is 1.24 bits per heavy atom. The van der Waals surface area contributed by atoms with Crippen LogP contribution in [0.5, 0.6) is 0 Å². The van der Waals surface area contributed by atoms with Crippen molar-refractivity contribution in [2.45, 2.75) is 6.92 Å². The zero-order valence-corrected chi connectivity index (χ0v) is 14.1. The minimum absolute atomic E-state index is 0.0882. The number of anilines is 2. The highest BCUT2D eigenvalue weighted by Crippen LogP contribution is 2.18. The Labute approximate surface area is 146 Å². The molecule has 7 nitrogen and oxygen atoms in total. The van der Waals surface area contributed by atoms with Gasteiger partial charge in [-0.05, 0) is 24.7 Å². The fraction of sp³-hybridized carbons (Fsp3) is 0.333. The first-order valence-electron chi connectivity index (χ1n) is 8.32. The van der Waals surface area contributed by atoms with Crippen LogP contribution in [0.2, 0.25) is 0 Å². The number of hydrogen-bond donors (Lipinski definition) is 1. The molecule has 1 aromatic heterocycles. The smallest absolute Gasteiger partial charge is 0.272 e. The molecule has 0 spiro atoms. The highest BCUT2D eigenvalue weighted by molar-refractivity contribution is 5.92. The molecule has 3 rings (SSSR count). The van der Waals surface area contributed by atoms with Crippen LogP contribution in [-0.2, 0) is 0 Å². The highest BCUT2D eigenvalue weighted by atomic mass is 16.2. The normalized spacial score (nSPS) is 14.8. The van der Waals surface area contributed by atoms with Crippen LogP contribution in [0.3, 0.4) is 0 Å². The minimum atomic E-state index is -0.0882. The van der Waals surface area contributed by atoms with Crippen molar-refractivity contribution in [3.8, 4) is 6.07 Å². The maximum absolute atomic E-state index is 12.7. The van der Waals surface area contributed by atoms with Gasteiger partial charge >= 0.3 is 0 Å². The first-order valence-corrected chi connectivity index (χ1v) is 8.32. The van der Waals surface area contributed by atoms with Gasteiger partial charge in [0.15, 0.2) is 0 Å². The quantitative estimate of drug-likeness (QED) is 0.917. The molecule has 7 heteroatoms. The molecule has 0 bridgehead atoms. The number of rotatable bonds is 4. The van der Waals surface area contributed by atoms with Crippen LogP contribution < -0.4 is 5.32 Å². The summed E-state index contributed by atoms with van der Waals surface area (Å²) in [5.41, 5.74) is 1.47. The van der Waals surface area contributed by atoms with Gasteiger partial charge in [-0.2, -0.15) is 5.26 Å². The lowest BCUT2D eigenvalue weighted by atomic mass is 10.2. The molecule has 0 radical (unpaired) electrons. The largest absolute Gasteiger partial charge is 0.335 e. The lowest BCUT2D eigenvalue weighted by Gasteiger charge is -2.33. The number of nitrogens with zero attached hydrogens (tertiary/aromatic N) is 5. The number of piperazine rings is 1. The predicted octanol–water partition coefficient (Wildman–Crippen LogP) is 1.87. The average Bonchev–Trinajstić information content (AvgIpc) is 2.68. The molecule has 1 fully saturated rings. The van der Waals surface area contributed by atoms with Gasteiger partial charge in [0.1, 0.15) is 11.8 Å². The summed E-state index contributed by atoms with van der Waals surface area (Å²) < 4.78 is 0. The Hall–Kier alpha value is -2.98. The molecule has 1 saturated heterocycles. The van der Waals surface area contributed by atoms with Crippen LogP contribution in [0, 0.1) is 11.3 Å². The molecule has 1 N–H and O–H groups in total. The van der Waals surface area contributed by atoms with E-state index in [-0.39, 0.29) is 5.91 Å². The van der Waals surface area contributed by atoms with Crippen LogP contribution in [0.15, 0.2) is 36.5 Å². The number of nitriles is 1. The summed E-state index contributed by atoms with van der Waals surface area (Å²) in [5.74, 6) is 0.218. The number of likely N-dealkylation sites (N-methyl/N-ethyl adjacent to an activating group) is 1. The van der Waals surface area contributed by atoms with Crippen molar-refractivity contribution in [1.82, 2.24) is 19.8 Å². The third-order valence-electron chi connectivity index (χ3n) is 4.28. The van der Waals surface area contributed by atoms with Crippen molar-refractivity contribution in [3.63, 3.8) is 0 Å². The second kappa shape index (κ2) is 7.73. The Bertz CT molecular complexity index is 792. The molecule has 0 aliphatic carbocycles. The fourth-order valence-corrected chi connectivity index (χ4v) is 2.78. The van der Waals surface area contributed by atoms with Crippen LogP contribution in [-0.4, -0.2) is 58.4 Å². The molecule has 1 amide bonds. The van der Waals surface area contributed by atoms with Crippen molar-refractivity contribution in [3.05, 3.63) is 47.8 Å². The van der Waals surface area contributed by atoms with Gasteiger partial charge in [0, 0.05) is 32.4 Å². The second-order valence-electron chi connectivity index (χ2n) is 5.77. The summed E-state index contributed by atoms with van der Waals surface area (Å²) in [5, 5.41) is 12.2. The van der Waals surface area contributed by atoms with E-state index < -0.39 is 0 Å². The van der Waals surface area contributed by atoms with Crippen molar-refractivity contribution < 1.29 is 4.79 Å². The molecule has 128 valence electrons. The average molecular weight is 336 g/mol. The Morgan fingerprint density at radius 2 is 2.00 bits per heavy atom. The molecule has 0 unspecified atom stereocenters. The summed E-state index contributed by atoms with van der Waals surface area (Å²) in [6, 6.07) is 10.8. The zero-order chi connectivity index (χ0) is 17.6. The topological polar surface area (TPSA) is 85.1 Å². The maximum atomic E-state index is 12.7. The first-order chi connectivity index (χ1) is 12.2. The number of para-hydroxylation sites is 1. The summed E-state index contributed by atoms with van der Waals surface area (Å²) >= 11 is 0. The van der Waals surface area contributed by atoms with Gasteiger partial charge in [-0.25, -0.2) is 9.97 Å². The van der Waals surface area contributed by atoms with E-state index in [4.69, 9.17) is 5.26 Å². The Balaban J connectivity index is 1.73. The number of amides is 1. The van der Waals surface area contributed by atoms with Crippen molar-refractivity contribution >= 4 is 17.5 Å². The van der Waals surface area contributed by atoms with E-state index in [0.717, 1.165) is 19.6 Å². The monoisotopic (exact) mass is 336 g/mol. The molecule has 25 heavy (non-hydrogen) atoms. The molecular weight excluding hydrogens is 316 g/mol. The molecular formula is C18H20N6O. The Morgan fingerprint density at radius 3 is 2.72 bits per heavy atom. The zero-order valence-electron chi connectivity index (χ0n) is 14.1. The minimum Gasteiger partial charge on any atom is -0.335 e. The third-order valence-corrected chi connectivity index (χ3v) is 4.28. The van der Waals surface area contributed by atoms with Gasteiger partial charge in [0.25, 0.3) is 5.91 Å². The number of aromatic nitrogens is 2. The molecule has 1 aliphatic rings. The van der Waals surface area contributed by atoms with Gasteiger partial charge in [-0.1, -0.05) is 19.1 Å². The standard InChI is InChI=1S/C18H20N6O/c1-2-23-9-11-24(12-10-23)17(25)16-7-8-20-18(22-16)21-15-6-4-3-5-14(15)13-19/h3-8H,2,9-12H2,1H3,(H,20,21,22). The van der Waals surface area contributed by atoms with Crippen molar-refractivity contribution in [2.75, 3.05) is 38.0 Å². The number of nitrogens with one attached hydrogen (secondary N) is 1. The highest BCUT2D eigenvalue weighted by Gasteiger charge is 2.22. The molecule has 2 aromatic rings. The fourth-order valence-electron chi connectivity index (χ4n) is 2.78. The van der Waals surface area contributed by atoms with Crippen molar-refractivity contribution in [1.29, 1.82) is 5.26 Å². The molecule has 2 heterocycles. The number of benzene rings is 1. The number of carbonyl (C=O) groups is 1. The van der Waals surface area contributed by atoms with Crippen LogP contribution >= 0.6 is 0 Å². The number of carbonyl (C=O) groups excluding carboxylic acids is 1. The molecule has 0 saturated carbocycles. The van der Waals surface area contributed by atoms with E-state index >= 15 is 0 Å². The summed E-state index contributed by atoms with van der Waals surface area (Å²) in [4.78, 5) is 25.3. The maximum Gasteiger partial charge on any atom is 0.272 e. The van der Waals surface area contributed by atoms with E-state index in [1.165, 1.54) is 0 Å². The molecule has 1 aliphatic heterocycles. The van der Waals surface area contributed by atoms with Crippen molar-refractivity contribution in [2.24, 2.45) is 0 Å².